The quantitative estimate of drug-likeness (QED) is 0.693. The van der Waals surface area contributed by atoms with Crippen LogP contribution in [-0.4, -0.2) is 16.1 Å². The SMILES string of the molecule is Cc1ccc(C)c(-c2[nH]c3ccc(C(C)C)cc3c2CC(=O)O)c1. The average molecular weight is 321 g/mol. The summed E-state index contributed by atoms with van der Waals surface area (Å²) in [6.45, 7) is 8.41. The van der Waals surface area contributed by atoms with Crippen LogP contribution in [0.5, 0.6) is 0 Å². The normalized spacial score (nSPS) is 11.4. The van der Waals surface area contributed by atoms with E-state index < -0.39 is 5.97 Å². The van der Waals surface area contributed by atoms with Crippen molar-refractivity contribution in [3.8, 4) is 11.3 Å². The number of benzene rings is 2. The van der Waals surface area contributed by atoms with E-state index in [4.69, 9.17) is 0 Å². The van der Waals surface area contributed by atoms with Gasteiger partial charge in [0.2, 0.25) is 0 Å². The first-order valence-corrected chi connectivity index (χ1v) is 8.30. The fourth-order valence-electron chi connectivity index (χ4n) is 3.19. The minimum atomic E-state index is -0.808. The molecule has 0 amide bonds. The lowest BCUT2D eigenvalue weighted by atomic mass is 9.96. The molecular weight excluding hydrogens is 298 g/mol. The van der Waals surface area contributed by atoms with Crippen LogP contribution in [-0.2, 0) is 11.2 Å². The van der Waals surface area contributed by atoms with Crippen LogP contribution in [0.3, 0.4) is 0 Å². The molecule has 3 rings (SSSR count). The molecule has 0 radical (unpaired) electrons. The second-order valence-corrected chi connectivity index (χ2v) is 6.83. The number of nitrogens with one attached hydrogen (secondary N) is 1. The van der Waals surface area contributed by atoms with Gasteiger partial charge in [-0.25, -0.2) is 0 Å². The number of H-pyrrole nitrogens is 1. The zero-order valence-electron chi connectivity index (χ0n) is 14.6. The molecule has 0 aliphatic carbocycles. The second-order valence-electron chi connectivity index (χ2n) is 6.83. The molecule has 24 heavy (non-hydrogen) atoms. The smallest absolute Gasteiger partial charge is 0.307 e. The van der Waals surface area contributed by atoms with Crippen molar-refractivity contribution in [2.45, 2.75) is 40.0 Å². The van der Waals surface area contributed by atoms with E-state index in [1.807, 2.05) is 0 Å². The Balaban J connectivity index is 2.30. The Morgan fingerprint density at radius 2 is 1.88 bits per heavy atom. The number of fused-ring (bicyclic) bond motifs is 1. The van der Waals surface area contributed by atoms with Crippen LogP contribution in [0.15, 0.2) is 36.4 Å². The lowest BCUT2D eigenvalue weighted by Crippen LogP contribution is -2.01. The first-order chi connectivity index (χ1) is 11.4. The minimum absolute atomic E-state index is 0.0181. The van der Waals surface area contributed by atoms with E-state index in [-0.39, 0.29) is 6.42 Å². The van der Waals surface area contributed by atoms with Gasteiger partial charge in [0.05, 0.1) is 12.1 Å². The highest BCUT2D eigenvalue weighted by atomic mass is 16.4. The molecule has 3 nitrogen and oxygen atoms in total. The van der Waals surface area contributed by atoms with Crippen LogP contribution in [0, 0.1) is 13.8 Å². The number of hydrogen-bond donors (Lipinski definition) is 2. The third-order valence-electron chi connectivity index (χ3n) is 4.59. The maximum Gasteiger partial charge on any atom is 0.307 e. The predicted molar refractivity (Wildman–Crippen MR) is 98.6 cm³/mol. The van der Waals surface area contributed by atoms with E-state index in [2.05, 4.69) is 69.1 Å². The zero-order valence-corrected chi connectivity index (χ0v) is 14.6. The summed E-state index contributed by atoms with van der Waals surface area (Å²) in [7, 11) is 0. The molecule has 1 aromatic heterocycles. The lowest BCUT2D eigenvalue weighted by molar-refractivity contribution is -0.136. The Morgan fingerprint density at radius 3 is 2.54 bits per heavy atom. The third-order valence-corrected chi connectivity index (χ3v) is 4.59. The van der Waals surface area contributed by atoms with E-state index in [1.54, 1.807) is 0 Å². The van der Waals surface area contributed by atoms with Gasteiger partial charge in [-0.3, -0.25) is 4.79 Å². The molecule has 0 unspecified atom stereocenters. The lowest BCUT2D eigenvalue weighted by Gasteiger charge is -2.08. The number of carbonyl (C=O) groups is 1. The van der Waals surface area contributed by atoms with Gasteiger partial charge in [0.1, 0.15) is 0 Å². The van der Waals surface area contributed by atoms with Gasteiger partial charge in [0.15, 0.2) is 0 Å². The van der Waals surface area contributed by atoms with Crippen molar-refractivity contribution in [2.75, 3.05) is 0 Å². The van der Waals surface area contributed by atoms with Gasteiger partial charge in [0, 0.05) is 16.5 Å². The molecule has 0 saturated heterocycles. The summed E-state index contributed by atoms with van der Waals surface area (Å²) >= 11 is 0. The second kappa shape index (κ2) is 6.16. The molecule has 3 heteroatoms. The standard InChI is InChI=1S/C21H23NO2/c1-12(2)15-7-8-19-17(10-15)18(11-20(23)24)21(22-19)16-9-13(3)5-6-14(16)4/h5-10,12,22H,11H2,1-4H3,(H,23,24). The van der Waals surface area contributed by atoms with E-state index >= 15 is 0 Å². The first-order valence-electron chi connectivity index (χ1n) is 8.30. The van der Waals surface area contributed by atoms with Gasteiger partial charge in [-0.2, -0.15) is 0 Å². The highest BCUT2D eigenvalue weighted by Crippen LogP contribution is 2.34. The Hall–Kier alpha value is -2.55. The summed E-state index contributed by atoms with van der Waals surface area (Å²) in [6.07, 6.45) is 0.0181. The summed E-state index contributed by atoms with van der Waals surface area (Å²) in [5.41, 5.74) is 7.39. The maximum absolute atomic E-state index is 11.5. The number of aromatic amines is 1. The average Bonchev–Trinajstić information content (AvgIpc) is 2.87. The van der Waals surface area contributed by atoms with Crippen LogP contribution in [0.25, 0.3) is 22.2 Å². The van der Waals surface area contributed by atoms with Crippen molar-refractivity contribution >= 4 is 16.9 Å². The van der Waals surface area contributed by atoms with Crippen molar-refractivity contribution in [3.63, 3.8) is 0 Å². The van der Waals surface area contributed by atoms with Crippen LogP contribution in [0.4, 0.5) is 0 Å². The Kier molecular flexibility index (Phi) is 4.18. The number of carboxylic acid groups (broad SMARTS) is 1. The zero-order chi connectivity index (χ0) is 17.4. The third kappa shape index (κ3) is 2.94. The molecule has 0 saturated carbocycles. The van der Waals surface area contributed by atoms with Gasteiger partial charge in [-0.1, -0.05) is 37.6 Å². The first kappa shape index (κ1) is 16.3. The molecule has 0 bridgehead atoms. The van der Waals surface area contributed by atoms with Gasteiger partial charge >= 0.3 is 5.97 Å². The number of rotatable bonds is 4. The number of aliphatic carboxylic acids is 1. The number of aryl methyl sites for hydroxylation is 2. The highest BCUT2D eigenvalue weighted by molar-refractivity contribution is 5.94. The summed E-state index contributed by atoms with van der Waals surface area (Å²) < 4.78 is 0. The van der Waals surface area contributed by atoms with E-state index in [0.29, 0.717) is 5.92 Å². The molecule has 2 N–H and O–H groups in total. The van der Waals surface area contributed by atoms with E-state index in [1.165, 1.54) is 11.1 Å². The fraction of sp³-hybridized carbons (Fsp3) is 0.286. The highest BCUT2D eigenvalue weighted by Gasteiger charge is 2.18. The summed E-state index contributed by atoms with van der Waals surface area (Å²) in [6, 6.07) is 12.6. The maximum atomic E-state index is 11.5. The van der Waals surface area contributed by atoms with E-state index in [0.717, 1.165) is 33.3 Å². The molecule has 0 atom stereocenters. The number of hydrogen-bond acceptors (Lipinski definition) is 1. The van der Waals surface area contributed by atoms with E-state index in [9.17, 15) is 9.90 Å². The topological polar surface area (TPSA) is 53.1 Å². The van der Waals surface area contributed by atoms with Crippen LogP contribution >= 0.6 is 0 Å². The van der Waals surface area contributed by atoms with Crippen molar-refractivity contribution in [1.82, 2.24) is 4.98 Å². The molecule has 0 fully saturated rings. The molecule has 0 aliphatic heterocycles. The molecular formula is C21H23NO2. The molecule has 124 valence electrons. The Morgan fingerprint density at radius 1 is 1.12 bits per heavy atom. The predicted octanol–water partition coefficient (Wildman–Crippen LogP) is 5.20. The van der Waals surface area contributed by atoms with Gasteiger partial charge in [-0.05, 0) is 54.7 Å². The molecule has 0 spiro atoms. The summed E-state index contributed by atoms with van der Waals surface area (Å²) in [5, 5.41) is 10.4. The van der Waals surface area contributed by atoms with Crippen molar-refractivity contribution in [3.05, 3.63) is 58.7 Å². The molecule has 2 aromatic carbocycles. The van der Waals surface area contributed by atoms with Gasteiger partial charge in [0.25, 0.3) is 0 Å². The Labute approximate surface area is 142 Å². The number of aromatic nitrogens is 1. The van der Waals surface area contributed by atoms with Crippen LogP contribution in [0.1, 0.15) is 42.0 Å². The monoisotopic (exact) mass is 321 g/mol. The van der Waals surface area contributed by atoms with Gasteiger partial charge < -0.3 is 10.1 Å². The number of carboxylic acids is 1. The summed E-state index contributed by atoms with van der Waals surface area (Å²) in [4.78, 5) is 14.9. The Bertz CT molecular complexity index is 919. The van der Waals surface area contributed by atoms with Crippen molar-refractivity contribution < 1.29 is 9.90 Å². The van der Waals surface area contributed by atoms with Crippen LogP contribution in [0.2, 0.25) is 0 Å². The largest absolute Gasteiger partial charge is 0.481 e. The molecule has 3 aromatic rings. The minimum Gasteiger partial charge on any atom is -0.481 e. The molecule has 1 heterocycles. The molecule has 0 aliphatic rings. The van der Waals surface area contributed by atoms with Crippen LogP contribution < -0.4 is 0 Å². The van der Waals surface area contributed by atoms with Crippen molar-refractivity contribution in [1.29, 1.82) is 0 Å². The summed E-state index contributed by atoms with van der Waals surface area (Å²) in [5.74, 6) is -0.399. The van der Waals surface area contributed by atoms with Gasteiger partial charge in [-0.15, -0.1) is 0 Å². The fourth-order valence-corrected chi connectivity index (χ4v) is 3.19. The van der Waals surface area contributed by atoms with Crippen molar-refractivity contribution in [2.24, 2.45) is 0 Å².